The highest BCUT2D eigenvalue weighted by Crippen LogP contribution is 2.16. The number of sulfonamides is 1. The number of nitrogens with two attached hydrogens (primary N) is 1. The van der Waals surface area contributed by atoms with Crippen LogP contribution in [0.5, 0.6) is 0 Å². The number of anilines is 1. The van der Waals surface area contributed by atoms with Gasteiger partial charge in [0.2, 0.25) is 10.0 Å². The number of carbonyl (C=O) groups is 1. The minimum Gasteiger partial charge on any atom is -0.329 e. The molecule has 25 heavy (non-hydrogen) atoms. The molecular formula is C18H23N3O3S. The van der Waals surface area contributed by atoms with Gasteiger partial charge in [0.05, 0.1) is 4.90 Å². The summed E-state index contributed by atoms with van der Waals surface area (Å²) in [6.07, 6.45) is 2.02. The summed E-state index contributed by atoms with van der Waals surface area (Å²) in [6, 6.07) is 13.5. The fourth-order valence-electron chi connectivity index (χ4n) is 2.33. The van der Waals surface area contributed by atoms with Gasteiger partial charge in [0.25, 0.3) is 5.91 Å². The minimum absolute atomic E-state index is 0.0806. The number of nitrogens with one attached hydrogen (secondary N) is 2. The molecule has 0 atom stereocenters. The zero-order chi connectivity index (χ0) is 18.3. The Bertz CT molecular complexity index is 818. The van der Waals surface area contributed by atoms with E-state index in [0.717, 1.165) is 12.8 Å². The molecule has 2 aromatic rings. The molecule has 0 radical (unpaired) electrons. The Kier molecular flexibility index (Phi) is 6.69. The summed E-state index contributed by atoms with van der Waals surface area (Å²) >= 11 is 0. The van der Waals surface area contributed by atoms with Crippen LogP contribution in [0.4, 0.5) is 5.69 Å². The topological polar surface area (TPSA) is 101 Å². The lowest BCUT2D eigenvalue weighted by Crippen LogP contribution is -2.29. The van der Waals surface area contributed by atoms with Crippen molar-refractivity contribution in [3.8, 4) is 0 Å². The van der Waals surface area contributed by atoms with E-state index in [1.54, 1.807) is 24.3 Å². The second-order valence-corrected chi connectivity index (χ2v) is 7.38. The molecule has 2 rings (SSSR count). The average molecular weight is 361 g/mol. The Labute approximate surface area is 148 Å². The lowest BCUT2D eigenvalue weighted by molar-refractivity contribution is 0.102. The van der Waals surface area contributed by atoms with Gasteiger partial charge in [0, 0.05) is 24.3 Å². The van der Waals surface area contributed by atoms with Crippen LogP contribution in [-0.4, -0.2) is 27.4 Å². The van der Waals surface area contributed by atoms with Gasteiger partial charge in [-0.15, -0.1) is 0 Å². The molecule has 134 valence electrons. The molecule has 4 N–H and O–H groups in total. The highest BCUT2D eigenvalue weighted by Gasteiger charge is 2.14. The molecular weight excluding hydrogens is 338 g/mol. The first-order valence-corrected chi connectivity index (χ1v) is 9.64. The number of hydrogen-bond acceptors (Lipinski definition) is 4. The first-order chi connectivity index (χ1) is 12.0. The van der Waals surface area contributed by atoms with Crippen LogP contribution in [0.1, 0.15) is 29.3 Å². The number of amides is 1. The number of aryl methyl sites for hydroxylation is 1. The van der Waals surface area contributed by atoms with Gasteiger partial charge in [-0.2, -0.15) is 0 Å². The Morgan fingerprint density at radius 2 is 1.84 bits per heavy atom. The van der Waals surface area contributed by atoms with Crippen molar-refractivity contribution in [2.75, 3.05) is 18.4 Å². The summed E-state index contributed by atoms with van der Waals surface area (Å²) in [5.41, 5.74) is 7.44. The van der Waals surface area contributed by atoms with Gasteiger partial charge in [-0.05, 0) is 42.3 Å². The SMILES string of the molecule is CCCc1ccc(C(=O)Nc2cccc(S(=O)(=O)NCCN)c2)cc1. The molecule has 0 fully saturated rings. The van der Waals surface area contributed by atoms with E-state index < -0.39 is 10.0 Å². The van der Waals surface area contributed by atoms with Crippen molar-refractivity contribution in [2.24, 2.45) is 5.73 Å². The average Bonchev–Trinajstić information content (AvgIpc) is 2.61. The second-order valence-electron chi connectivity index (χ2n) is 5.62. The van der Waals surface area contributed by atoms with Gasteiger partial charge < -0.3 is 11.1 Å². The van der Waals surface area contributed by atoms with Crippen molar-refractivity contribution in [3.05, 3.63) is 59.7 Å². The number of benzene rings is 2. The van der Waals surface area contributed by atoms with Crippen LogP contribution in [0.3, 0.4) is 0 Å². The van der Waals surface area contributed by atoms with E-state index in [9.17, 15) is 13.2 Å². The zero-order valence-electron chi connectivity index (χ0n) is 14.2. The van der Waals surface area contributed by atoms with Crippen LogP contribution in [0, 0.1) is 0 Å². The van der Waals surface area contributed by atoms with E-state index in [-0.39, 0.29) is 23.9 Å². The van der Waals surface area contributed by atoms with Crippen molar-refractivity contribution in [1.82, 2.24) is 4.72 Å². The van der Waals surface area contributed by atoms with E-state index in [0.29, 0.717) is 11.3 Å². The van der Waals surface area contributed by atoms with E-state index in [4.69, 9.17) is 5.73 Å². The van der Waals surface area contributed by atoms with Crippen molar-refractivity contribution < 1.29 is 13.2 Å². The summed E-state index contributed by atoms with van der Waals surface area (Å²) in [5.74, 6) is -0.285. The third-order valence-electron chi connectivity index (χ3n) is 3.59. The van der Waals surface area contributed by atoms with Crippen LogP contribution >= 0.6 is 0 Å². The molecule has 0 saturated heterocycles. The second kappa shape index (κ2) is 8.75. The maximum absolute atomic E-state index is 12.3. The molecule has 0 aliphatic heterocycles. The number of carbonyl (C=O) groups excluding carboxylic acids is 1. The van der Waals surface area contributed by atoms with E-state index in [1.165, 1.54) is 17.7 Å². The third-order valence-corrected chi connectivity index (χ3v) is 5.05. The van der Waals surface area contributed by atoms with E-state index in [2.05, 4.69) is 17.0 Å². The summed E-state index contributed by atoms with van der Waals surface area (Å²) in [7, 11) is -3.64. The van der Waals surface area contributed by atoms with Gasteiger partial charge in [0.1, 0.15) is 0 Å². The molecule has 0 heterocycles. The van der Waals surface area contributed by atoms with Gasteiger partial charge in [-0.25, -0.2) is 13.1 Å². The quantitative estimate of drug-likeness (QED) is 0.670. The van der Waals surface area contributed by atoms with Crippen LogP contribution in [-0.2, 0) is 16.4 Å². The van der Waals surface area contributed by atoms with Crippen molar-refractivity contribution in [3.63, 3.8) is 0 Å². The molecule has 0 aliphatic rings. The van der Waals surface area contributed by atoms with E-state index >= 15 is 0 Å². The fraction of sp³-hybridized carbons (Fsp3) is 0.278. The largest absolute Gasteiger partial charge is 0.329 e. The molecule has 1 amide bonds. The Balaban J connectivity index is 2.12. The predicted molar refractivity (Wildman–Crippen MR) is 99.1 cm³/mol. The molecule has 0 unspecified atom stereocenters. The fourth-order valence-corrected chi connectivity index (χ4v) is 3.43. The Hall–Kier alpha value is -2.22. The van der Waals surface area contributed by atoms with Gasteiger partial charge in [-0.3, -0.25) is 4.79 Å². The first kappa shape index (κ1) is 19.1. The minimum atomic E-state index is -3.64. The lowest BCUT2D eigenvalue weighted by atomic mass is 10.1. The number of rotatable bonds is 8. The van der Waals surface area contributed by atoms with Crippen LogP contribution in [0.15, 0.2) is 53.4 Å². The van der Waals surface area contributed by atoms with Gasteiger partial charge in [0.15, 0.2) is 0 Å². The normalized spacial score (nSPS) is 11.3. The van der Waals surface area contributed by atoms with Crippen molar-refractivity contribution in [2.45, 2.75) is 24.7 Å². The molecule has 6 nitrogen and oxygen atoms in total. The van der Waals surface area contributed by atoms with Crippen LogP contribution < -0.4 is 15.8 Å². The third kappa shape index (κ3) is 5.38. The monoisotopic (exact) mass is 361 g/mol. The molecule has 0 aliphatic carbocycles. The predicted octanol–water partition coefficient (Wildman–Crippen LogP) is 2.13. The van der Waals surface area contributed by atoms with Crippen molar-refractivity contribution in [1.29, 1.82) is 0 Å². The highest BCUT2D eigenvalue weighted by atomic mass is 32.2. The standard InChI is InChI=1S/C18H23N3O3S/c1-2-4-14-7-9-15(10-8-14)18(22)21-16-5-3-6-17(13-16)25(23,24)20-12-11-19/h3,5-10,13,20H,2,4,11-12,19H2,1H3,(H,21,22). The maximum Gasteiger partial charge on any atom is 0.255 e. The van der Waals surface area contributed by atoms with Gasteiger partial charge in [-0.1, -0.05) is 31.5 Å². The highest BCUT2D eigenvalue weighted by molar-refractivity contribution is 7.89. The molecule has 0 aromatic heterocycles. The smallest absolute Gasteiger partial charge is 0.255 e. The number of hydrogen-bond donors (Lipinski definition) is 3. The molecule has 0 spiro atoms. The summed E-state index contributed by atoms with van der Waals surface area (Å²) < 4.78 is 26.6. The van der Waals surface area contributed by atoms with Crippen LogP contribution in [0.25, 0.3) is 0 Å². The van der Waals surface area contributed by atoms with Crippen molar-refractivity contribution >= 4 is 21.6 Å². The zero-order valence-corrected chi connectivity index (χ0v) is 15.0. The molecule has 0 bridgehead atoms. The summed E-state index contributed by atoms with van der Waals surface area (Å²) in [5, 5.41) is 2.72. The Morgan fingerprint density at radius 3 is 2.48 bits per heavy atom. The summed E-state index contributed by atoms with van der Waals surface area (Å²) in [4.78, 5) is 12.4. The molecule has 7 heteroatoms. The molecule has 0 saturated carbocycles. The lowest BCUT2D eigenvalue weighted by Gasteiger charge is -2.09. The maximum atomic E-state index is 12.3. The van der Waals surface area contributed by atoms with E-state index in [1.807, 2.05) is 12.1 Å². The first-order valence-electron chi connectivity index (χ1n) is 8.16. The summed E-state index contributed by atoms with van der Waals surface area (Å²) in [6.45, 7) is 2.47. The van der Waals surface area contributed by atoms with Crippen LogP contribution in [0.2, 0.25) is 0 Å². The Morgan fingerprint density at radius 1 is 1.12 bits per heavy atom. The van der Waals surface area contributed by atoms with Gasteiger partial charge >= 0.3 is 0 Å². The molecule has 2 aromatic carbocycles.